The lowest BCUT2D eigenvalue weighted by atomic mass is 9.90. The highest BCUT2D eigenvalue weighted by Gasteiger charge is 2.49. The van der Waals surface area contributed by atoms with Crippen molar-refractivity contribution in [3.63, 3.8) is 0 Å². The Kier molecular flexibility index (Phi) is 8.13. The van der Waals surface area contributed by atoms with Gasteiger partial charge in [0, 0.05) is 63.2 Å². The van der Waals surface area contributed by atoms with Crippen molar-refractivity contribution in [1.82, 2.24) is 19.7 Å². The minimum atomic E-state index is -0.970. The minimum absolute atomic E-state index is 0.0620. The van der Waals surface area contributed by atoms with Gasteiger partial charge in [0.05, 0.1) is 11.6 Å². The number of carbonyl (C=O) groups excluding carboxylic acids is 1. The molecule has 3 saturated heterocycles. The molecule has 0 unspecified atom stereocenters. The first-order chi connectivity index (χ1) is 20.4. The summed E-state index contributed by atoms with van der Waals surface area (Å²) in [4.78, 5) is 36.3. The summed E-state index contributed by atoms with van der Waals surface area (Å²) in [5.41, 5.74) is 2.35. The number of nitrogens with zero attached hydrogens (tertiary/aromatic N) is 4. The molecule has 0 aliphatic carbocycles. The second-order valence-electron chi connectivity index (χ2n) is 11.8. The molecule has 9 heteroatoms. The van der Waals surface area contributed by atoms with Crippen molar-refractivity contribution in [1.29, 1.82) is 0 Å². The van der Waals surface area contributed by atoms with E-state index in [1.54, 1.807) is 12.1 Å². The van der Waals surface area contributed by atoms with Gasteiger partial charge in [-0.05, 0) is 68.0 Å². The molecule has 3 fully saturated rings. The molecule has 2 amide bonds. The van der Waals surface area contributed by atoms with Gasteiger partial charge in [0.1, 0.15) is 5.75 Å². The van der Waals surface area contributed by atoms with Crippen molar-refractivity contribution in [3.8, 4) is 11.6 Å². The van der Waals surface area contributed by atoms with Crippen molar-refractivity contribution in [3.05, 3.63) is 89.6 Å². The molecule has 2 aromatic carbocycles. The molecule has 1 atom stereocenters. The number of ether oxygens (including phenoxy) is 2. The third-order valence-electron chi connectivity index (χ3n) is 9.03. The Bertz CT molecular complexity index is 1370. The first-order valence-corrected chi connectivity index (χ1v) is 14.8. The zero-order valence-electron chi connectivity index (χ0n) is 24.0. The van der Waals surface area contributed by atoms with Crippen LogP contribution in [0.2, 0.25) is 0 Å². The van der Waals surface area contributed by atoms with Gasteiger partial charge in [-0.3, -0.25) is 4.90 Å². The summed E-state index contributed by atoms with van der Waals surface area (Å²) in [5.74, 6) is 0.0298. The molecule has 4 heterocycles. The van der Waals surface area contributed by atoms with Crippen LogP contribution in [0.4, 0.5) is 4.79 Å². The van der Waals surface area contributed by atoms with Crippen LogP contribution < -0.4 is 4.74 Å². The summed E-state index contributed by atoms with van der Waals surface area (Å²) in [6, 6.07) is 21.0. The fourth-order valence-corrected chi connectivity index (χ4v) is 6.46. The Balaban J connectivity index is 1.08. The number of hydrogen-bond acceptors (Lipinski definition) is 6. The summed E-state index contributed by atoms with van der Waals surface area (Å²) in [7, 11) is 0. The number of urea groups is 1. The first kappa shape index (κ1) is 28.2. The van der Waals surface area contributed by atoms with Crippen LogP contribution in [0.1, 0.15) is 60.1 Å². The van der Waals surface area contributed by atoms with E-state index in [9.17, 15) is 9.59 Å². The highest BCUT2D eigenvalue weighted by atomic mass is 16.5. The average molecular weight is 571 g/mol. The summed E-state index contributed by atoms with van der Waals surface area (Å²) in [5, 5.41) is 9.06. The van der Waals surface area contributed by atoms with Gasteiger partial charge < -0.3 is 24.4 Å². The fraction of sp³-hybridized carbons (Fsp3) is 0.424. The Morgan fingerprint density at radius 3 is 2.38 bits per heavy atom. The Morgan fingerprint density at radius 1 is 1.02 bits per heavy atom. The number of carbonyl (C=O) groups is 2. The predicted octanol–water partition coefficient (Wildman–Crippen LogP) is 5.58. The largest absolute Gasteiger partial charge is 0.478 e. The number of rotatable bonds is 8. The number of aromatic carboxylic acids is 1. The monoisotopic (exact) mass is 570 g/mol. The average Bonchev–Trinajstić information content (AvgIpc) is 3.37. The maximum absolute atomic E-state index is 14.0. The lowest BCUT2D eigenvalue weighted by Crippen LogP contribution is -2.53. The lowest BCUT2D eigenvalue weighted by Gasteiger charge is -2.42. The number of hydrogen-bond donors (Lipinski definition) is 1. The van der Waals surface area contributed by atoms with E-state index in [1.807, 2.05) is 24.4 Å². The van der Waals surface area contributed by atoms with Crippen molar-refractivity contribution in [2.24, 2.45) is 0 Å². The van der Waals surface area contributed by atoms with Crippen molar-refractivity contribution < 1.29 is 24.2 Å². The van der Waals surface area contributed by atoms with E-state index in [1.165, 1.54) is 17.7 Å². The van der Waals surface area contributed by atoms with Gasteiger partial charge in [0.2, 0.25) is 5.88 Å². The van der Waals surface area contributed by atoms with Crippen LogP contribution in [0.15, 0.2) is 72.9 Å². The quantitative estimate of drug-likeness (QED) is 0.378. The number of pyridine rings is 1. The van der Waals surface area contributed by atoms with Gasteiger partial charge in [0.25, 0.3) is 0 Å². The SMILES string of the molecule is CC1(N2C[C@@H](c3ccccc3)N(C3CCN(Cc4ccc(Oc5ccc(C(=O)O)cc5)nc4)CC3)C2=O)CCOCC1. The van der Waals surface area contributed by atoms with Crippen LogP contribution in [0, 0.1) is 0 Å². The van der Waals surface area contributed by atoms with Gasteiger partial charge >= 0.3 is 12.0 Å². The van der Waals surface area contributed by atoms with Crippen LogP contribution in [0.3, 0.4) is 0 Å². The number of amides is 2. The van der Waals surface area contributed by atoms with Gasteiger partial charge in [-0.2, -0.15) is 0 Å². The van der Waals surface area contributed by atoms with Crippen molar-refractivity contribution >= 4 is 12.0 Å². The number of likely N-dealkylation sites (tertiary alicyclic amines) is 1. The van der Waals surface area contributed by atoms with E-state index in [4.69, 9.17) is 14.6 Å². The molecule has 0 spiro atoms. The molecule has 0 radical (unpaired) electrons. The number of aromatic nitrogens is 1. The normalized spacial score (nSPS) is 21.5. The Hall–Kier alpha value is -3.95. The third-order valence-corrected chi connectivity index (χ3v) is 9.03. The van der Waals surface area contributed by atoms with Crippen LogP contribution in [-0.4, -0.2) is 81.2 Å². The molecule has 0 bridgehead atoms. The molecule has 42 heavy (non-hydrogen) atoms. The van der Waals surface area contributed by atoms with Crippen molar-refractivity contribution in [2.75, 3.05) is 32.8 Å². The summed E-state index contributed by atoms with van der Waals surface area (Å²) < 4.78 is 11.4. The summed E-state index contributed by atoms with van der Waals surface area (Å²) >= 11 is 0. The number of benzene rings is 2. The Morgan fingerprint density at radius 2 is 1.74 bits per heavy atom. The molecular weight excluding hydrogens is 532 g/mol. The van der Waals surface area contributed by atoms with Crippen LogP contribution in [0.25, 0.3) is 0 Å². The second-order valence-corrected chi connectivity index (χ2v) is 11.8. The van der Waals surface area contributed by atoms with Gasteiger partial charge in [0.15, 0.2) is 0 Å². The molecule has 9 nitrogen and oxygen atoms in total. The van der Waals surface area contributed by atoms with E-state index in [2.05, 4.69) is 50.9 Å². The maximum Gasteiger partial charge on any atom is 0.335 e. The standard InChI is InChI=1S/C33H38N4O5/c1-33(15-19-41-20-16-33)36-23-29(25-5-3-2-4-6-25)37(32(36)40)27-13-17-35(18-14-27)22-24-7-12-30(34-21-24)42-28-10-8-26(9-11-28)31(38)39/h2-12,21,27,29H,13-20,22-23H2,1H3,(H,38,39)/t29-/m0/s1. The fourth-order valence-electron chi connectivity index (χ4n) is 6.46. The molecule has 220 valence electrons. The number of carboxylic acid groups (broad SMARTS) is 1. The zero-order valence-corrected chi connectivity index (χ0v) is 24.0. The van der Waals surface area contributed by atoms with Gasteiger partial charge in [-0.15, -0.1) is 0 Å². The predicted molar refractivity (Wildman–Crippen MR) is 158 cm³/mol. The van der Waals surface area contributed by atoms with E-state index < -0.39 is 5.97 Å². The van der Waals surface area contributed by atoms with Crippen LogP contribution in [0.5, 0.6) is 11.6 Å². The van der Waals surface area contributed by atoms with E-state index >= 15 is 0 Å². The van der Waals surface area contributed by atoms with Crippen molar-refractivity contribution in [2.45, 2.75) is 56.8 Å². The van der Waals surface area contributed by atoms with Gasteiger partial charge in [-0.1, -0.05) is 36.4 Å². The Labute approximate surface area is 246 Å². The summed E-state index contributed by atoms with van der Waals surface area (Å²) in [6.45, 7) is 6.97. The lowest BCUT2D eigenvalue weighted by molar-refractivity contribution is 0.00377. The number of piperidine rings is 1. The highest BCUT2D eigenvalue weighted by molar-refractivity contribution is 5.87. The van der Waals surface area contributed by atoms with Gasteiger partial charge in [-0.25, -0.2) is 14.6 Å². The maximum atomic E-state index is 14.0. The second kappa shape index (κ2) is 12.1. The summed E-state index contributed by atoms with van der Waals surface area (Å²) in [6.07, 6.45) is 5.45. The number of carboxylic acids is 1. The first-order valence-electron chi connectivity index (χ1n) is 14.8. The van der Waals surface area contributed by atoms with E-state index in [0.29, 0.717) is 24.8 Å². The zero-order chi connectivity index (χ0) is 29.1. The topological polar surface area (TPSA) is 95.4 Å². The molecule has 6 rings (SSSR count). The van der Waals surface area contributed by atoms with Crippen LogP contribution in [-0.2, 0) is 11.3 Å². The minimum Gasteiger partial charge on any atom is -0.478 e. The third kappa shape index (κ3) is 5.98. The molecular formula is C33H38N4O5. The molecule has 3 aliphatic heterocycles. The molecule has 1 aromatic heterocycles. The molecule has 1 N–H and O–H groups in total. The van der Waals surface area contributed by atoms with E-state index in [0.717, 1.165) is 57.4 Å². The molecule has 3 aromatic rings. The smallest absolute Gasteiger partial charge is 0.335 e. The highest BCUT2D eigenvalue weighted by Crippen LogP contribution is 2.40. The van der Waals surface area contributed by atoms with Crippen LogP contribution >= 0.6 is 0 Å². The molecule has 3 aliphatic rings. The molecule has 0 saturated carbocycles. The van der Waals surface area contributed by atoms with E-state index in [-0.39, 0.29) is 29.2 Å².